The van der Waals surface area contributed by atoms with E-state index in [0.717, 1.165) is 24.2 Å². The zero-order valence-corrected chi connectivity index (χ0v) is 21.0. The molecular weight excluding hydrogens is 436 g/mol. The van der Waals surface area contributed by atoms with Crippen LogP contribution in [0.1, 0.15) is 89.5 Å². The maximum atomic E-state index is 12.7. The number of likely N-dealkylation sites (tertiary alicyclic amines) is 1. The van der Waals surface area contributed by atoms with E-state index in [2.05, 4.69) is 12.4 Å². The topological polar surface area (TPSA) is 78.9 Å². The summed E-state index contributed by atoms with van der Waals surface area (Å²) >= 11 is 1.30. The van der Waals surface area contributed by atoms with Gasteiger partial charge in [0.25, 0.3) is 0 Å². The minimum atomic E-state index is -1.04. The van der Waals surface area contributed by atoms with Crippen molar-refractivity contribution in [2.45, 2.75) is 103 Å². The molecule has 0 aromatic heterocycles. The van der Waals surface area contributed by atoms with Crippen LogP contribution in [0.25, 0.3) is 0 Å². The van der Waals surface area contributed by atoms with Gasteiger partial charge in [-0.15, -0.1) is 0 Å². The second kappa shape index (κ2) is 17.0. The third-order valence-electron chi connectivity index (χ3n) is 6.17. The third-order valence-corrected chi connectivity index (χ3v) is 7.22. The Morgan fingerprint density at radius 2 is 1.64 bits per heavy atom. The molecule has 1 aliphatic heterocycles. The molecule has 33 heavy (non-hydrogen) atoms. The molecule has 0 spiro atoms. The number of piperidine rings is 1. The minimum absolute atomic E-state index is 0.0167. The van der Waals surface area contributed by atoms with E-state index in [1.807, 2.05) is 30.3 Å². The van der Waals surface area contributed by atoms with Gasteiger partial charge in [0.1, 0.15) is 6.04 Å². The van der Waals surface area contributed by atoms with Gasteiger partial charge < -0.3 is 5.11 Å². The van der Waals surface area contributed by atoms with Gasteiger partial charge in [-0.05, 0) is 24.8 Å². The van der Waals surface area contributed by atoms with Gasteiger partial charge in [-0.25, -0.2) is 4.79 Å². The minimum Gasteiger partial charge on any atom is -0.465 e. The van der Waals surface area contributed by atoms with Crippen molar-refractivity contribution in [3.63, 3.8) is 0 Å². The number of unbranched alkanes of at least 4 members (excludes halogenated alkanes) is 9. The molecule has 1 fully saturated rings. The fourth-order valence-corrected chi connectivity index (χ4v) is 5.19. The van der Waals surface area contributed by atoms with Crippen LogP contribution >= 0.6 is 11.8 Å². The van der Waals surface area contributed by atoms with Gasteiger partial charge in [0.15, 0.2) is 0 Å². The number of carbonyl (C=O) groups excluding carboxylic acids is 1. The molecule has 2 atom stereocenters. The lowest BCUT2D eigenvalue weighted by molar-refractivity contribution is -0.117. The highest BCUT2D eigenvalue weighted by molar-refractivity contribution is 8.13. The number of rotatable bonds is 16. The van der Waals surface area contributed by atoms with Gasteiger partial charge in [0.05, 0.1) is 12.6 Å². The van der Waals surface area contributed by atoms with Crippen molar-refractivity contribution in [1.29, 1.82) is 0 Å². The number of hydrogen-bond donors (Lipinski definition) is 2. The molecule has 0 radical (unpaired) electrons. The van der Waals surface area contributed by atoms with Crippen molar-refractivity contribution in [3.8, 4) is 0 Å². The number of nitrogens with zero attached hydrogens (tertiary/aromatic N) is 1. The molecule has 6 nitrogen and oxygen atoms in total. The van der Waals surface area contributed by atoms with Gasteiger partial charge in [0, 0.05) is 12.3 Å². The summed E-state index contributed by atoms with van der Waals surface area (Å²) in [6.45, 7) is 2.92. The number of amides is 1. The maximum Gasteiger partial charge on any atom is 0.407 e. The summed E-state index contributed by atoms with van der Waals surface area (Å²) in [7, 11) is 0. The second-order valence-corrected chi connectivity index (χ2v) is 10.1. The zero-order chi connectivity index (χ0) is 23.7. The summed E-state index contributed by atoms with van der Waals surface area (Å²) in [5.41, 5.74) is 4.03. The monoisotopic (exact) mass is 478 g/mol. The standard InChI is InChI=1S/C26H42N2O4S/c1-2-3-4-5-6-7-8-9-10-14-19-33-25(29)24-18-17-23(20-28(24)26(30)31)27-32-21-22-15-12-11-13-16-22/h11-13,15-16,23-24,27H,2-10,14,17-21H2,1H3,(H,30,31)/t23-,24+/m1/s1. The summed E-state index contributed by atoms with van der Waals surface area (Å²) in [5.74, 6) is 0.779. The highest BCUT2D eigenvalue weighted by atomic mass is 32.2. The lowest BCUT2D eigenvalue weighted by atomic mass is 10.00. The van der Waals surface area contributed by atoms with Crippen LogP contribution in [-0.2, 0) is 16.2 Å². The first-order valence-electron chi connectivity index (χ1n) is 12.7. The lowest BCUT2D eigenvalue weighted by Gasteiger charge is -2.36. The van der Waals surface area contributed by atoms with Crippen molar-refractivity contribution in [3.05, 3.63) is 35.9 Å². The number of benzene rings is 1. The van der Waals surface area contributed by atoms with Crippen LogP contribution in [-0.4, -0.2) is 45.6 Å². The maximum absolute atomic E-state index is 12.7. The summed E-state index contributed by atoms with van der Waals surface area (Å²) < 4.78 is 0. The van der Waals surface area contributed by atoms with E-state index in [9.17, 15) is 14.7 Å². The molecule has 1 aliphatic rings. The SMILES string of the molecule is CCCCCCCCCCCCSC(=O)[C@@H]1CC[C@@H](NOCc2ccccc2)CN1C(=O)O. The fourth-order valence-electron chi connectivity index (χ4n) is 4.20. The summed E-state index contributed by atoms with van der Waals surface area (Å²) in [5, 5.41) is 9.62. The van der Waals surface area contributed by atoms with Gasteiger partial charge >= 0.3 is 6.09 Å². The Labute approximate surface area is 203 Å². The molecule has 1 amide bonds. The largest absolute Gasteiger partial charge is 0.465 e. The van der Waals surface area contributed by atoms with Crippen LogP contribution in [0, 0.1) is 0 Å². The molecule has 0 bridgehead atoms. The van der Waals surface area contributed by atoms with Gasteiger partial charge in [-0.1, -0.05) is 107 Å². The smallest absolute Gasteiger partial charge is 0.407 e. The Balaban J connectivity index is 1.58. The first kappa shape index (κ1) is 27.7. The van der Waals surface area contributed by atoms with Crippen molar-refractivity contribution in [2.24, 2.45) is 0 Å². The van der Waals surface area contributed by atoms with E-state index in [1.54, 1.807) is 0 Å². The Kier molecular flexibility index (Phi) is 14.2. The number of hydroxylamine groups is 1. The number of carbonyl (C=O) groups is 2. The summed E-state index contributed by atoms with van der Waals surface area (Å²) in [4.78, 5) is 31.3. The molecule has 0 saturated carbocycles. The first-order chi connectivity index (χ1) is 16.1. The Morgan fingerprint density at radius 1 is 1.00 bits per heavy atom. The Morgan fingerprint density at radius 3 is 2.27 bits per heavy atom. The Bertz CT molecular complexity index is 674. The van der Waals surface area contributed by atoms with Gasteiger partial charge in [-0.3, -0.25) is 14.5 Å². The van der Waals surface area contributed by atoms with Crippen molar-refractivity contribution in [1.82, 2.24) is 10.4 Å². The number of carboxylic acid groups (broad SMARTS) is 1. The second-order valence-electron chi connectivity index (χ2n) is 8.97. The van der Waals surface area contributed by atoms with Crippen LogP contribution in [0.2, 0.25) is 0 Å². The molecule has 0 aliphatic carbocycles. The van der Waals surface area contributed by atoms with E-state index < -0.39 is 12.1 Å². The number of hydrogen-bond acceptors (Lipinski definition) is 5. The molecule has 1 aromatic rings. The van der Waals surface area contributed by atoms with E-state index >= 15 is 0 Å². The third kappa shape index (κ3) is 11.4. The highest BCUT2D eigenvalue weighted by Gasteiger charge is 2.36. The predicted octanol–water partition coefficient (Wildman–Crippen LogP) is 6.40. The fraction of sp³-hybridized carbons (Fsp3) is 0.692. The molecule has 2 N–H and O–H groups in total. The lowest BCUT2D eigenvalue weighted by Crippen LogP contribution is -2.54. The van der Waals surface area contributed by atoms with Crippen LogP contribution in [0.3, 0.4) is 0 Å². The van der Waals surface area contributed by atoms with Crippen LogP contribution < -0.4 is 5.48 Å². The van der Waals surface area contributed by atoms with E-state index in [0.29, 0.717) is 19.4 Å². The average Bonchev–Trinajstić information content (AvgIpc) is 2.83. The first-order valence-corrected chi connectivity index (χ1v) is 13.7. The van der Waals surface area contributed by atoms with Crippen LogP contribution in [0.5, 0.6) is 0 Å². The van der Waals surface area contributed by atoms with Gasteiger partial charge in [0.2, 0.25) is 5.12 Å². The molecule has 7 heteroatoms. The van der Waals surface area contributed by atoms with E-state index in [-0.39, 0.29) is 17.7 Å². The molecule has 1 saturated heterocycles. The molecule has 186 valence electrons. The number of thioether (sulfide) groups is 1. The van der Waals surface area contributed by atoms with E-state index in [4.69, 9.17) is 4.84 Å². The van der Waals surface area contributed by atoms with Crippen molar-refractivity contribution < 1.29 is 19.5 Å². The van der Waals surface area contributed by atoms with Crippen molar-refractivity contribution >= 4 is 23.0 Å². The highest BCUT2D eigenvalue weighted by Crippen LogP contribution is 2.24. The summed E-state index contributed by atoms with van der Waals surface area (Å²) in [6, 6.07) is 9.15. The average molecular weight is 479 g/mol. The molecular formula is C26H42N2O4S. The molecule has 1 heterocycles. The predicted molar refractivity (Wildman–Crippen MR) is 135 cm³/mol. The quantitative estimate of drug-likeness (QED) is 0.211. The van der Waals surface area contributed by atoms with Crippen LogP contribution in [0.4, 0.5) is 4.79 Å². The molecule has 0 unspecified atom stereocenters. The Hall–Kier alpha value is -1.57. The molecule has 2 rings (SSSR count). The van der Waals surface area contributed by atoms with Crippen molar-refractivity contribution in [2.75, 3.05) is 12.3 Å². The molecule has 1 aromatic carbocycles. The summed E-state index contributed by atoms with van der Waals surface area (Å²) in [6.07, 6.45) is 12.9. The van der Waals surface area contributed by atoms with E-state index in [1.165, 1.54) is 68.0 Å². The number of nitrogens with one attached hydrogen (secondary N) is 1. The van der Waals surface area contributed by atoms with Gasteiger partial charge in [-0.2, -0.15) is 5.48 Å². The van der Waals surface area contributed by atoms with Crippen LogP contribution in [0.15, 0.2) is 30.3 Å². The normalized spacial score (nSPS) is 18.4. The zero-order valence-electron chi connectivity index (χ0n) is 20.2.